The summed E-state index contributed by atoms with van der Waals surface area (Å²) in [5.41, 5.74) is 0. The van der Waals surface area contributed by atoms with Crippen molar-refractivity contribution in [3.05, 3.63) is 0 Å². The van der Waals surface area contributed by atoms with E-state index in [1.807, 2.05) is 7.05 Å². The van der Waals surface area contributed by atoms with Crippen LogP contribution < -0.4 is 0 Å². The molecule has 0 fully saturated rings. The van der Waals surface area contributed by atoms with Crippen molar-refractivity contribution in [1.82, 2.24) is 4.90 Å². The third kappa shape index (κ3) is 6.86. The lowest BCUT2D eigenvalue weighted by Gasteiger charge is -2.20. The molecule has 14 heavy (non-hydrogen) atoms. The molecule has 0 aliphatic rings. The lowest BCUT2D eigenvalue weighted by Crippen LogP contribution is -2.30. The number of esters is 1. The molecule has 0 atom stereocenters. The highest BCUT2D eigenvalue weighted by Gasteiger charge is 2.04. The molecule has 0 heterocycles. The highest BCUT2D eigenvalue weighted by Crippen LogP contribution is 1.92. The second kappa shape index (κ2) is 7.76. The van der Waals surface area contributed by atoms with E-state index in [4.69, 9.17) is 9.47 Å². The third-order valence-electron chi connectivity index (χ3n) is 2.00. The van der Waals surface area contributed by atoms with Crippen LogP contribution in [-0.2, 0) is 14.3 Å². The fraction of sp³-hybridized carbons (Fsp3) is 0.900. The Morgan fingerprint density at radius 1 is 1.43 bits per heavy atom. The minimum Gasteiger partial charge on any atom is -0.464 e. The average Bonchev–Trinajstić information content (AvgIpc) is 2.12. The van der Waals surface area contributed by atoms with Crippen molar-refractivity contribution < 1.29 is 14.3 Å². The first-order chi connectivity index (χ1) is 6.57. The molecule has 0 spiro atoms. The summed E-state index contributed by atoms with van der Waals surface area (Å²) in [4.78, 5) is 13.0. The van der Waals surface area contributed by atoms with Gasteiger partial charge >= 0.3 is 5.97 Å². The molecule has 0 rings (SSSR count). The molecule has 84 valence electrons. The summed E-state index contributed by atoms with van der Waals surface area (Å²) in [6.45, 7) is 7.87. The van der Waals surface area contributed by atoms with Gasteiger partial charge in [0.25, 0.3) is 0 Å². The van der Waals surface area contributed by atoms with Crippen molar-refractivity contribution >= 4 is 5.97 Å². The van der Waals surface area contributed by atoms with Gasteiger partial charge in [-0.25, -0.2) is 4.79 Å². The molecule has 0 saturated carbocycles. The van der Waals surface area contributed by atoms with Gasteiger partial charge in [0, 0.05) is 12.6 Å². The van der Waals surface area contributed by atoms with Gasteiger partial charge in [-0.2, -0.15) is 0 Å². The molecule has 0 aliphatic carbocycles. The maximum atomic E-state index is 10.9. The predicted octanol–water partition coefficient (Wildman–Crippen LogP) is 0.906. The highest BCUT2D eigenvalue weighted by molar-refractivity contribution is 5.70. The molecule has 4 nitrogen and oxygen atoms in total. The summed E-state index contributed by atoms with van der Waals surface area (Å²) in [6.07, 6.45) is 0. The van der Waals surface area contributed by atoms with Crippen LogP contribution in [-0.4, -0.2) is 50.3 Å². The van der Waals surface area contributed by atoms with Crippen LogP contribution in [0.25, 0.3) is 0 Å². The molecule has 0 aromatic heterocycles. The fourth-order valence-corrected chi connectivity index (χ4v) is 0.825. The van der Waals surface area contributed by atoms with Gasteiger partial charge in [-0.15, -0.1) is 0 Å². The van der Waals surface area contributed by atoms with E-state index >= 15 is 0 Å². The smallest absolute Gasteiger partial charge is 0.332 e. The van der Waals surface area contributed by atoms with Crippen molar-refractivity contribution in [3.63, 3.8) is 0 Å². The Labute approximate surface area is 86.2 Å². The molecule has 0 radical (unpaired) electrons. The minimum absolute atomic E-state index is 0.0553. The number of carbonyl (C=O) groups is 1. The monoisotopic (exact) mass is 203 g/mol. The second-order valence-electron chi connectivity index (χ2n) is 3.43. The summed E-state index contributed by atoms with van der Waals surface area (Å²) < 4.78 is 9.87. The van der Waals surface area contributed by atoms with Crippen LogP contribution in [0.3, 0.4) is 0 Å². The zero-order valence-electron chi connectivity index (χ0n) is 9.58. The largest absolute Gasteiger partial charge is 0.464 e. The van der Waals surface area contributed by atoms with Gasteiger partial charge in [-0.05, 0) is 27.8 Å². The fourth-order valence-electron chi connectivity index (χ4n) is 0.825. The Balaban J connectivity index is 3.33. The summed E-state index contributed by atoms with van der Waals surface area (Å²) in [5, 5.41) is 0. The molecule has 0 saturated heterocycles. The standard InChI is InChI=1S/C10H21NO3/c1-5-14-10(12)8-13-7-6-11(4)9(2)3/h9H,5-8H2,1-4H3. The Hall–Kier alpha value is -0.610. The normalized spacial score (nSPS) is 11.0. The average molecular weight is 203 g/mol. The van der Waals surface area contributed by atoms with Gasteiger partial charge in [0.05, 0.1) is 13.2 Å². The molecule has 4 heteroatoms. The van der Waals surface area contributed by atoms with Crippen LogP contribution in [0.5, 0.6) is 0 Å². The minimum atomic E-state index is -0.292. The third-order valence-corrected chi connectivity index (χ3v) is 2.00. The zero-order chi connectivity index (χ0) is 11.0. The number of hydrogen-bond donors (Lipinski definition) is 0. The quantitative estimate of drug-likeness (QED) is 0.455. The van der Waals surface area contributed by atoms with Crippen LogP contribution in [0.15, 0.2) is 0 Å². The van der Waals surface area contributed by atoms with Crippen molar-refractivity contribution in [3.8, 4) is 0 Å². The van der Waals surface area contributed by atoms with Crippen LogP contribution in [0, 0.1) is 0 Å². The zero-order valence-corrected chi connectivity index (χ0v) is 9.58. The van der Waals surface area contributed by atoms with E-state index in [1.165, 1.54) is 0 Å². The Morgan fingerprint density at radius 3 is 2.57 bits per heavy atom. The molecule has 0 N–H and O–H groups in total. The Bertz CT molecular complexity index is 159. The molecule has 0 unspecified atom stereocenters. The molecule has 0 bridgehead atoms. The van der Waals surface area contributed by atoms with Crippen molar-refractivity contribution in [1.29, 1.82) is 0 Å². The first kappa shape index (κ1) is 13.4. The summed E-state index contributed by atoms with van der Waals surface area (Å²) in [6, 6.07) is 0.501. The van der Waals surface area contributed by atoms with E-state index in [0.29, 0.717) is 19.3 Å². The maximum Gasteiger partial charge on any atom is 0.332 e. The Morgan fingerprint density at radius 2 is 2.07 bits per heavy atom. The van der Waals surface area contributed by atoms with E-state index < -0.39 is 0 Å². The number of hydrogen-bond acceptors (Lipinski definition) is 4. The number of carbonyl (C=O) groups excluding carboxylic acids is 1. The number of rotatable bonds is 7. The van der Waals surface area contributed by atoms with E-state index in [9.17, 15) is 4.79 Å². The number of likely N-dealkylation sites (N-methyl/N-ethyl adjacent to an activating group) is 1. The van der Waals surface area contributed by atoms with Crippen LogP contribution in [0.4, 0.5) is 0 Å². The Kier molecular flexibility index (Phi) is 7.42. The topological polar surface area (TPSA) is 38.8 Å². The highest BCUT2D eigenvalue weighted by atomic mass is 16.6. The van der Waals surface area contributed by atoms with Gasteiger partial charge < -0.3 is 14.4 Å². The number of nitrogens with zero attached hydrogens (tertiary/aromatic N) is 1. The predicted molar refractivity (Wildman–Crippen MR) is 55.2 cm³/mol. The van der Waals surface area contributed by atoms with Gasteiger partial charge in [-0.3, -0.25) is 0 Å². The summed E-state index contributed by atoms with van der Waals surface area (Å²) in [7, 11) is 2.03. The van der Waals surface area contributed by atoms with Crippen molar-refractivity contribution in [2.75, 3.05) is 33.4 Å². The van der Waals surface area contributed by atoms with Gasteiger partial charge in [0.1, 0.15) is 6.61 Å². The molecule has 0 aromatic carbocycles. The summed E-state index contributed by atoms with van der Waals surface area (Å²) >= 11 is 0. The number of ether oxygens (including phenoxy) is 2. The summed E-state index contributed by atoms with van der Waals surface area (Å²) in [5.74, 6) is -0.292. The van der Waals surface area contributed by atoms with E-state index in [0.717, 1.165) is 6.54 Å². The lowest BCUT2D eigenvalue weighted by atomic mass is 10.3. The molecular formula is C10H21NO3. The first-order valence-corrected chi connectivity index (χ1v) is 5.01. The molecule has 0 aromatic rings. The lowest BCUT2D eigenvalue weighted by molar-refractivity contribution is -0.148. The van der Waals surface area contributed by atoms with Crippen LogP contribution in [0.1, 0.15) is 20.8 Å². The van der Waals surface area contributed by atoms with Gasteiger partial charge in [0.2, 0.25) is 0 Å². The van der Waals surface area contributed by atoms with Crippen LogP contribution >= 0.6 is 0 Å². The van der Waals surface area contributed by atoms with E-state index in [-0.39, 0.29) is 12.6 Å². The van der Waals surface area contributed by atoms with Gasteiger partial charge in [-0.1, -0.05) is 0 Å². The first-order valence-electron chi connectivity index (χ1n) is 5.01. The van der Waals surface area contributed by atoms with Crippen molar-refractivity contribution in [2.45, 2.75) is 26.8 Å². The van der Waals surface area contributed by atoms with E-state index in [1.54, 1.807) is 6.92 Å². The maximum absolute atomic E-state index is 10.9. The van der Waals surface area contributed by atoms with E-state index in [2.05, 4.69) is 18.7 Å². The molecular weight excluding hydrogens is 182 g/mol. The SMILES string of the molecule is CCOC(=O)COCCN(C)C(C)C. The second-order valence-corrected chi connectivity index (χ2v) is 3.43. The molecule has 0 amide bonds. The molecule has 0 aliphatic heterocycles. The van der Waals surface area contributed by atoms with Crippen molar-refractivity contribution in [2.24, 2.45) is 0 Å². The van der Waals surface area contributed by atoms with Crippen LogP contribution in [0.2, 0.25) is 0 Å². The van der Waals surface area contributed by atoms with Gasteiger partial charge in [0.15, 0.2) is 0 Å².